The number of aryl methyl sites for hydroxylation is 1. The number of benzene rings is 1. The van der Waals surface area contributed by atoms with Gasteiger partial charge >= 0.3 is 0 Å². The Morgan fingerprint density at radius 1 is 1.28 bits per heavy atom. The van der Waals surface area contributed by atoms with Crippen LogP contribution in [0.25, 0.3) is 0 Å². The minimum absolute atomic E-state index is 0.717. The van der Waals surface area contributed by atoms with E-state index in [-0.39, 0.29) is 0 Å². The van der Waals surface area contributed by atoms with E-state index < -0.39 is 0 Å². The van der Waals surface area contributed by atoms with E-state index in [1.165, 1.54) is 5.56 Å². The molecule has 2 rings (SSSR count). The minimum atomic E-state index is 0.717. The second-order valence-corrected chi connectivity index (χ2v) is 5.32. The molecule has 0 aliphatic rings. The molecule has 0 saturated carbocycles. The van der Waals surface area contributed by atoms with E-state index in [1.807, 2.05) is 38.4 Å². The Hall–Kier alpha value is -1.55. The van der Waals surface area contributed by atoms with Gasteiger partial charge in [0.1, 0.15) is 0 Å². The third-order valence-corrected chi connectivity index (χ3v) is 3.26. The number of aromatic nitrogens is 1. The maximum absolute atomic E-state index is 5.99. The first kappa shape index (κ1) is 12.9. The lowest BCUT2D eigenvalue weighted by molar-refractivity contribution is 0.898. The molecular weight excluding hydrogens is 290 g/mol. The summed E-state index contributed by atoms with van der Waals surface area (Å²) in [4.78, 5) is 6.44. The van der Waals surface area contributed by atoms with Gasteiger partial charge in [-0.2, -0.15) is 0 Å². The van der Waals surface area contributed by atoms with E-state index in [2.05, 4.69) is 37.9 Å². The highest BCUT2D eigenvalue weighted by atomic mass is 79.9. The third-order valence-electron chi connectivity index (χ3n) is 2.73. The Morgan fingerprint density at radius 3 is 2.56 bits per heavy atom. The summed E-state index contributed by atoms with van der Waals surface area (Å²) in [6.07, 6.45) is 1.84. The molecule has 0 amide bonds. The molecular formula is C14H16BrN3. The van der Waals surface area contributed by atoms with Crippen LogP contribution in [0.4, 0.5) is 11.5 Å². The lowest BCUT2D eigenvalue weighted by Gasteiger charge is -2.20. The fourth-order valence-corrected chi connectivity index (χ4v) is 2.11. The van der Waals surface area contributed by atoms with E-state index >= 15 is 0 Å². The van der Waals surface area contributed by atoms with Crippen molar-refractivity contribution in [3.8, 4) is 0 Å². The van der Waals surface area contributed by atoms with Crippen molar-refractivity contribution in [3.63, 3.8) is 0 Å². The van der Waals surface area contributed by atoms with Crippen molar-refractivity contribution in [3.05, 3.63) is 52.1 Å². The molecule has 0 saturated heterocycles. The lowest BCUT2D eigenvalue weighted by atomic mass is 10.2. The van der Waals surface area contributed by atoms with Gasteiger partial charge in [0.2, 0.25) is 0 Å². The number of rotatable bonds is 3. The number of nitrogen functional groups attached to an aromatic ring is 1. The quantitative estimate of drug-likeness (QED) is 0.945. The van der Waals surface area contributed by atoms with Crippen molar-refractivity contribution >= 4 is 27.4 Å². The maximum Gasteiger partial charge on any atom is 0.151 e. The van der Waals surface area contributed by atoms with Crippen molar-refractivity contribution in [2.45, 2.75) is 13.5 Å². The van der Waals surface area contributed by atoms with Crippen LogP contribution in [0.1, 0.15) is 11.1 Å². The molecule has 0 bridgehead atoms. The van der Waals surface area contributed by atoms with Gasteiger partial charge in [0.25, 0.3) is 0 Å². The second kappa shape index (κ2) is 5.40. The molecule has 0 aliphatic carbocycles. The zero-order chi connectivity index (χ0) is 13.1. The third kappa shape index (κ3) is 3.01. The number of hydrogen-bond donors (Lipinski definition) is 1. The predicted octanol–water partition coefficient (Wildman–Crippen LogP) is 3.37. The summed E-state index contributed by atoms with van der Waals surface area (Å²) < 4.78 is 1.09. The first-order valence-electron chi connectivity index (χ1n) is 5.74. The van der Waals surface area contributed by atoms with Gasteiger partial charge in [0, 0.05) is 24.3 Å². The number of nitrogens with zero attached hydrogens (tertiary/aromatic N) is 2. The highest BCUT2D eigenvalue weighted by molar-refractivity contribution is 9.10. The van der Waals surface area contributed by atoms with Crippen LogP contribution in [-0.2, 0) is 6.54 Å². The van der Waals surface area contributed by atoms with Crippen LogP contribution in [0.2, 0.25) is 0 Å². The topological polar surface area (TPSA) is 42.2 Å². The fraction of sp³-hybridized carbons (Fsp3) is 0.214. The normalized spacial score (nSPS) is 10.4. The predicted molar refractivity (Wildman–Crippen MR) is 79.6 cm³/mol. The molecule has 18 heavy (non-hydrogen) atoms. The van der Waals surface area contributed by atoms with E-state index in [0.29, 0.717) is 0 Å². The first-order valence-corrected chi connectivity index (χ1v) is 6.53. The van der Waals surface area contributed by atoms with Gasteiger partial charge in [-0.05, 0) is 36.2 Å². The van der Waals surface area contributed by atoms with Crippen LogP contribution in [0.3, 0.4) is 0 Å². The van der Waals surface area contributed by atoms with E-state index in [0.717, 1.165) is 28.1 Å². The van der Waals surface area contributed by atoms with Gasteiger partial charge in [0.15, 0.2) is 5.82 Å². The van der Waals surface area contributed by atoms with Crippen LogP contribution in [0.15, 0.2) is 41.0 Å². The molecule has 2 N–H and O–H groups in total. The molecule has 0 aliphatic heterocycles. The maximum atomic E-state index is 5.99. The monoisotopic (exact) mass is 305 g/mol. The zero-order valence-electron chi connectivity index (χ0n) is 10.5. The standard InChI is InChI=1S/C14H16BrN3/c1-10-7-13(16)14(17-8-10)18(2)9-11-3-5-12(15)6-4-11/h3-8H,9,16H2,1-2H3. The van der Waals surface area contributed by atoms with Gasteiger partial charge in [0.05, 0.1) is 5.69 Å². The van der Waals surface area contributed by atoms with Crippen molar-refractivity contribution in [1.29, 1.82) is 0 Å². The summed E-state index contributed by atoms with van der Waals surface area (Å²) in [6, 6.07) is 10.2. The van der Waals surface area contributed by atoms with E-state index in [4.69, 9.17) is 5.73 Å². The Labute approximate surface area is 116 Å². The Morgan fingerprint density at radius 2 is 1.94 bits per heavy atom. The fourth-order valence-electron chi connectivity index (χ4n) is 1.84. The molecule has 1 heterocycles. The van der Waals surface area contributed by atoms with Crippen LogP contribution < -0.4 is 10.6 Å². The Balaban J connectivity index is 2.16. The molecule has 0 atom stereocenters. The number of halogens is 1. The van der Waals surface area contributed by atoms with Crippen LogP contribution in [0.5, 0.6) is 0 Å². The van der Waals surface area contributed by atoms with Gasteiger partial charge in [-0.3, -0.25) is 0 Å². The second-order valence-electron chi connectivity index (χ2n) is 4.41. The molecule has 94 valence electrons. The van der Waals surface area contributed by atoms with Crippen LogP contribution in [-0.4, -0.2) is 12.0 Å². The van der Waals surface area contributed by atoms with E-state index in [9.17, 15) is 0 Å². The minimum Gasteiger partial charge on any atom is -0.396 e. The molecule has 4 heteroatoms. The van der Waals surface area contributed by atoms with Crippen molar-refractivity contribution < 1.29 is 0 Å². The molecule has 1 aromatic carbocycles. The number of nitrogens with two attached hydrogens (primary N) is 1. The summed E-state index contributed by atoms with van der Waals surface area (Å²) in [5.74, 6) is 0.823. The van der Waals surface area contributed by atoms with E-state index in [1.54, 1.807) is 0 Å². The molecule has 0 spiro atoms. The summed E-state index contributed by atoms with van der Waals surface area (Å²) in [5, 5.41) is 0. The average Bonchev–Trinajstić information content (AvgIpc) is 2.32. The zero-order valence-corrected chi connectivity index (χ0v) is 12.1. The van der Waals surface area contributed by atoms with Gasteiger partial charge in [-0.25, -0.2) is 4.98 Å². The number of anilines is 2. The van der Waals surface area contributed by atoms with Crippen molar-refractivity contribution in [2.75, 3.05) is 17.7 Å². The number of pyridine rings is 1. The van der Waals surface area contributed by atoms with Gasteiger partial charge in [-0.15, -0.1) is 0 Å². The summed E-state index contributed by atoms with van der Waals surface area (Å²) in [5.41, 5.74) is 9.01. The molecule has 1 aromatic heterocycles. The van der Waals surface area contributed by atoms with Gasteiger partial charge < -0.3 is 10.6 Å². The molecule has 0 unspecified atom stereocenters. The Bertz CT molecular complexity index is 537. The average molecular weight is 306 g/mol. The highest BCUT2D eigenvalue weighted by Gasteiger charge is 2.07. The van der Waals surface area contributed by atoms with Crippen molar-refractivity contribution in [2.24, 2.45) is 0 Å². The lowest BCUT2D eigenvalue weighted by Crippen LogP contribution is -2.19. The number of hydrogen-bond acceptors (Lipinski definition) is 3. The van der Waals surface area contributed by atoms with Gasteiger partial charge in [-0.1, -0.05) is 28.1 Å². The Kier molecular flexibility index (Phi) is 3.87. The largest absolute Gasteiger partial charge is 0.396 e. The molecule has 3 nitrogen and oxygen atoms in total. The summed E-state index contributed by atoms with van der Waals surface area (Å²) >= 11 is 3.43. The van der Waals surface area contributed by atoms with Crippen LogP contribution >= 0.6 is 15.9 Å². The first-order chi connectivity index (χ1) is 8.56. The van der Waals surface area contributed by atoms with Crippen LogP contribution in [0, 0.1) is 6.92 Å². The molecule has 2 aromatic rings. The van der Waals surface area contributed by atoms with Crippen molar-refractivity contribution in [1.82, 2.24) is 4.98 Å². The highest BCUT2D eigenvalue weighted by Crippen LogP contribution is 2.21. The summed E-state index contributed by atoms with van der Waals surface area (Å²) in [6.45, 7) is 2.77. The molecule has 0 fully saturated rings. The summed E-state index contributed by atoms with van der Waals surface area (Å²) in [7, 11) is 2.00. The SMILES string of the molecule is Cc1cnc(N(C)Cc2ccc(Br)cc2)c(N)c1. The molecule has 0 radical (unpaired) electrons. The smallest absolute Gasteiger partial charge is 0.151 e.